The van der Waals surface area contributed by atoms with Gasteiger partial charge in [-0.2, -0.15) is 0 Å². The molecule has 0 radical (unpaired) electrons. The van der Waals surface area contributed by atoms with Crippen molar-refractivity contribution in [1.29, 1.82) is 0 Å². The maximum atomic E-state index is 11.8. The molecule has 2 N–H and O–H groups in total. The van der Waals surface area contributed by atoms with Crippen LogP contribution in [0.25, 0.3) is 0 Å². The Bertz CT molecular complexity index is 476. The number of piperazine rings is 3. The molecule has 0 aromatic heterocycles. The van der Waals surface area contributed by atoms with E-state index in [1.807, 2.05) is 14.0 Å². The van der Waals surface area contributed by atoms with Gasteiger partial charge < -0.3 is 20.3 Å². The predicted octanol–water partition coefficient (Wildman–Crippen LogP) is 0.390. The third kappa shape index (κ3) is 5.59. The number of guanidine groups is 1. The van der Waals surface area contributed by atoms with E-state index in [0.29, 0.717) is 18.7 Å². The first-order valence-corrected chi connectivity index (χ1v) is 9.55. The van der Waals surface area contributed by atoms with E-state index in [0.717, 1.165) is 45.0 Å². The van der Waals surface area contributed by atoms with Crippen LogP contribution in [0.15, 0.2) is 4.99 Å². The molecule has 2 bridgehead atoms. The molecule has 0 aliphatic carbocycles. The molecule has 4 saturated heterocycles. The summed E-state index contributed by atoms with van der Waals surface area (Å²) < 4.78 is 5.07. The Labute approximate surface area is 173 Å². The summed E-state index contributed by atoms with van der Waals surface area (Å²) in [6.07, 6.45) is 1.64. The lowest BCUT2D eigenvalue weighted by Crippen LogP contribution is -2.64. The van der Waals surface area contributed by atoms with E-state index in [1.165, 1.54) is 26.2 Å². The van der Waals surface area contributed by atoms with Gasteiger partial charge in [-0.25, -0.2) is 4.79 Å². The fraction of sp³-hybridized carbons (Fsp3) is 0.882. The number of amides is 1. The molecule has 4 aliphatic rings. The highest BCUT2D eigenvalue weighted by Crippen LogP contribution is 2.15. The predicted molar refractivity (Wildman–Crippen MR) is 113 cm³/mol. The number of aliphatic imine (C=N–C) groups is 1. The highest BCUT2D eigenvalue weighted by atomic mass is 127. The third-order valence-corrected chi connectivity index (χ3v) is 5.48. The Morgan fingerprint density at radius 1 is 1.15 bits per heavy atom. The van der Waals surface area contributed by atoms with Gasteiger partial charge in [0.2, 0.25) is 0 Å². The number of carbonyl (C=O) groups excluding carboxylic acids is 1. The molecule has 0 saturated carbocycles. The van der Waals surface area contributed by atoms with Gasteiger partial charge in [-0.3, -0.25) is 14.8 Å². The standard InChI is InChI=1S/C17H32N6O2.HI/c1-3-25-17(24)23-6-4-14(5-7-23)20-16(18-2)19-12-15-13-21-8-10-22(15)11-9-21;/h14-15H,3-13H2,1-2H3,(H2,18,19,20);1H. The summed E-state index contributed by atoms with van der Waals surface area (Å²) in [5.41, 5.74) is 0. The lowest BCUT2D eigenvalue weighted by molar-refractivity contribution is 0.0154. The van der Waals surface area contributed by atoms with Crippen molar-refractivity contribution < 1.29 is 9.53 Å². The van der Waals surface area contributed by atoms with Crippen LogP contribution in [0.4, 0.5) is 4.79 Å². The van der Waals surface area contributed by atoms with Gasteiger partial charge in [0.25, 0.3) is 0 Å². The number of nitrogens with zero attached hydrogens (tertiary/aromatic N) is 4. The molecular weight excluding hydrogens is 447 g/mol. The van der Waals surface area contributed by atoms with Crippen LogP contribution in [0.1, 0.15) is 19.8 Å². The summed E-state index contributed by atoms with van der Waals surface area (Å²) in [7, 11) is 1.82. The fourth-order valence-electron chi connectivity index (χ4n) is 3.94. The van der Waals surface area contributed by atoms with Crippen LogP contribution in [0.5, 0.6) is 0 Å². The van der Waals surface area contributed by atoms with E-state index in [2.05, 4.69) is 25.4 Å². The Balaban J connectivity index is 0.00000243. The van der Waals surface area contributed by atoms with Crippen molar-refractivity contribution in [3.05, 3.63) is 0 Å². The van der Waals surface area contributed by atoms with Gasteiger partial charge in [0.05, 0.1) is 6.61 Å². The molecule has 1 unspecified atom stereocenters. The first-order chi connectivity index (χ1) is 12.2. The molecule has 8 nitrogen and oxygen atoms in total. The number of likely N-dealkylation sites (tertiary alicyclic amines) is 1. The normalized spacial score (nSPS) is 29.1. The first kappa shape index (κ1) is 21.5. The van der Waals surface area contributed by atoms with Crippen LogP contribution < -0.4 is 10.6 Å². The van der Waals surface area contributed by atoms with E-state index in [4.69, 9.17) is 4.74 Å². The second-order valence-corrected chi connectivity index (χ2v) is 7.05. The number of ether oxygens (including phenoxy) is 1. The Kier molecular flexibility index (Phi) is 8.68. The van der Waals surface area contributed by atoms with Crippen molar-refractivity contribution in [2.45, 2.75) is 31.8 Å². The van der Waals surface area contributed by atoms with Crippen LogP contribution in [0, 0.1) is 0 Å². The van der Waals surface area contributed by atoms with E-state index in [1.54, 1.807) is 4.90 Å². The number of rotatable bonds is 4. The fourth-order valence-corrected chi connectivity index (χ4v) is 3.94. The zero-order valence-corrected chi connectivity index (χ0v) is 18.3. The summed E-state index contributed by atoms with van der Waals surface area (Å²) in [5.74, 6) is 0.868. The topological polar surface area (TPSA) is 72.4 Å². The van der Waals surface area contributed by atoms with Gasteiger partial charge in [-0.1, -0.05) is 0 Å². The molecule has 4 heterocycles. The van der Waals surface area contributed by atoms with Crippen molar-refractivity contribution in [3.8, 4) is 0 Å². The minimum Gasteiger partial charge on any atom is -0.450 e. The van der Waals surface area contributed by atoms with Crippen LogP contribution >= 0.6 is 24.0 Å². The minimum atomic E-state index is -0.195. The summed E-state index contributed by atoms with van der Waals surface area (Å²) in [6.45, 7) is 10.6. The van der Waals surface area contributed by atoms with Gasteiger partial charge in [0.15, 0.2) is 5.96 Å². The number of hydrogen-bond donors (Lipinski definition) is 2. The molecule has 1 amide bonds. The van der Waals surface area contributed by atoms with Crippen LogP contribution in [0.2, 0.25) is 0 Å². The van der Waals surface area contributed by atoms with E-state index < -0.39 is 0 Å². The zero-order valence-electron chi connectivity index (χ0n) is 15.9. The highest BCUT2D eigenvalue weighted by Gasteiger charge is 2.31. The monoisotopic (exact) mass is 480 g/mol. The van der Waals surface area contributed by atoms with Gasteiger partial charge in [0.1, 0.15) is 0 Å². The second kappa shape index (κ2) is 10.5. The molecule has 26 heavy (non-hydrogen) atoms. The summed E-state index contributed by atoms with van der Waals surface area (Å²) >= 11 is 0. The van der Waals surface area contributed by atoms with Crippen molar-refractivity contribution in [1.82, 2.24) is 25.3 Å². The Hall–Kier alpha value is -0.810. The molecule has 4 rings (SSSR count). The van der Waals surface area contributed by atoms with Crippen molar-refractivity contribution in [3.63, 3.8) is 0 Å². The van der Waals surface area contributed by atoms with E-state index in [9.17, 15) is 4.79 Å². The summed E-state index contributed by atoms with van der Waals surface area (Å²) in [6, 6.07) is 0.926. The van der Waals surface area contributed by atoms with Crippen LogP contribution in [0.3, 0.4) is 0 Å². The number of carbonyl (C=O) groups is 1. The van der Waals surface area contributed by atoms with Gasteiger partial charge in [-0.05, 0) is 19.8 Å². The van der Waals surface area contributed by atoms with Crippen LogP contribution in [-0.2, 0) is 4.74 Å². The smallest absolute Gasteiger partial charge is 0.409 e. The SMILES string of the molecule is CCOC(=O)N1CCC(NC(=NC)NCC2CN3CCN2CC3)CC1.I. The molecule has 0 aromatic carbocycles. The number of fused-ring (bicyclic) bond motifs is 3. The average Bonchev–Trinajstić information content (AvgIpc) is 2.66. The molecule has 1 atom stereocenters. The molecule has 150 valence electrons. The Morgan fingerprint density at radius 3 is 2.38 bits per heavy atom. The number of hydrogen-bond acceptors (Lipinski definition) is 5. The van der Waals surface area contributed by atoms with Gasteiger partial charge >= 0.3 is 6.09 Å². The maximum Gasteiger partial charge on any atom is 0.409 e. The third-order valence-electron chi connectivity index (χ3n) is 5.48. The number of halogens is 1. The van der Waals surface area contributed by atoms with E-state index >= 15 is 0 Å². The van der Waals surface area contributed by atoms with Gasteiger partial charge in [0, 0.05) is 71.5 Å². The molecule has 4 aliphatic heterocycles. The highest BCUT2D eigenvalue weighted by molar-refractivity contribution is 14.0. The molecule has 0 spiro atoms. The van der Waals surface area contributed by atoms with Crippen molar-refractivity contribution >= 4 is 36.0 Å². The van der Waals surface area contributed by atoms with Crippen molar-refractivity contribution in [2.24, 2.45) is 4.99 Å². The van der Waals surface area contributed by atoms with Crippen molar-refractivity contribution in [2.75, 3.05) is 66.0 Å². The number of nitrogens with one attached hydrogen (secondary N) is 2. The maximum absolute atomic E-state index is 11.8. The summed E-state index contributed by atoms with van der Waals surface area (Å²) in [5, 5.41) is 7.00. The average molecular weight is 480 g/mol. The molecule has 9 heteroatoms. The molecular formula is C17H33IN6O2. The Morgan fingerprint density at radius 2 is 1.85 bits per heavy atom. The van der Waals surface area contributed by atoms with Crippen LogP contribution in [-0.4, -0.2) is 105 Å². The quantitative estimate of drug-likeness (QED) is 0.345. The number of piperidine rings is 1. The summed E-state index contributed by atoms with van der Waals surface area (Å²) in [4.78, 5) is 23.1. The zero-order chi connectivity index (χ0) is 17.6. The van der Waals surface area contributed by atoms with E-state index in [-0.39, 0.29) is 30.1 Å². The second-order valence-electron chi connectivity index (χ2n) is 7.05. The molecule has 4 fully saturated rings. The lowest BCUT2D eigenvalue weighted by Gasteiger charge is -2.47. The minimum absolute atomic E-state index is 0. The first-order valence-electron chi connectivity index (χ1n) is 9.55. The largest absolute Gasteiger partial charge is 0.450 e. The van der Waals surface area contributed by atoms with Gasteiger partial charge in [-0.15, -0.1) is 24.0 Å². The molecule has 0 aromatic rings. The lowest BCUT2D eigenvalue weighted by atomic mass is 10.1.